The van der Waals surface area contributed by atoms with Crippen LogP contribution in [0, 0.1) is 11.8 Å². The van der Waals surface area contributed by atoms with Crippen molar-refractivity contribution >= 4 is 17.8 Å². The molecule has 0 aromatic heterocycles. The molecule has 6 atom stereocenters. The van der Waals surface area contributed by atoms with E-state index in [0.29, 0.717) is 19.4 Å². The third-order valence-electron chi connectivity index (χ3n) is 8.41. The minimum Gasteiger partial charge on any atom is -0.461 e. The summed E-state index contributed by atoms with van der Waals surface area (Å²) in [6.07, 6.45) is 9.39. The summed E-state index contributed by atoms with van der Waals surface area (Å²) in [5.74, 6) is -2.61. The number of likely N-dealkylation sites (tertiary alicyclic amines) is 1. The third-order valence-corrected chi connectivity index (χ3v) is 8.41. The van der Waals surface area contributed by atoms with Crippen molar-refractivity contribution in [3.8, 4) is 0 Å². The van der Waals surface area contributed by atoms with Crippen molar-refractivity contribution in [3.05, 3.63) is 25.3 Å². The van der Waals surface area contributed by atoms with Gasteiger partial charge in [-0.15, -0.1) is 6.58 Å². The van der Waals surface area contributed by atoms with E-state index in [4.69, 9.17) is 9.47 Å². The summed E-state index contributed by atoms with van der Waals surface area (Å²) in [5.41, 5.74) is -1.99. The van der Waals surface area contributed by atoms with Gasteiger partial charge in [-0.3, -0.25) is 14.4 Å². The summed E-state index contributed by atoms with van der Waals surface area (Å²) < 4.78 is 12.0. The molecule has 0 aromatic carbocycles. The summed E-state index contributed by atoms with van der Waals surface area (Å²) in [7, 11) is 0. The van der Waals surface area contributed by atoms with Crippen LogP contribution in [0.3, 0.4) is 0 Å². The molecule has 8 heteroatoms. The monoisotopic (exact) mass is 474 g/mol. The second kappa shape index (κ2) is 9.46. The van der Waals surface area contributed by atoms with E-state index in [1.54, 1.807) is 13.0 Å². The zero-order chi connectivity index (χ0) is 24.7. The van der Waals surface area contributed by atoms with Gasteiger partial charge in [-0.1, -0.05) is 38.0 Å². The topological polar surface area (TPSA) is 96.4 Å². The highest BCUT2D eigenvalue weighted by molar-refractivity contribution is 5.98. The number of carbonyl (C=O) groups excluding carboxylic acids is 3. The lowest BCUT2D eigenvalue weighted by Crippen LogP contribution is -2.60. The van der Waals surface area contributed by atoms with Crippen LogP contribution in [0.4, 0.5) is 0 Å². The van der Waals surface area contributed by atoms with Crippen LogP contribution in [0.2, 0.25) is 0 Å². The Hall–Kier alpha value is -2.19. The van der Waals surface area contributed by atoms with E-state index in [1.807, 2.05) is 11.8 Å². The molecule has 1 saturated carbocycles. The number of nitrogens with zero attached hydrogens (tertiary/aromatic N) is 2. The van der Waals surface area contributed by atoms with Gasteiger partial charge in [0, 0.05) is 12.6 Å². The molecule has 3 heterocycles. The molecule has 2 amide bonds. The molecular formula is C26H38N2O6. The number of hydrogen-bond donors (Lipinski definition) is 1. The maximum atomic E-state index is 14.3. The molecule has 0 aromatic rings. The lowest BCUT2D eigenvalue weighted by Gasteiger charge is -2.42. The van der Waals surface area contributed by atoms with Crippen molar-refractivity contribution in [2.75, 3.05) is 19.8 Å². The van der Waals surface area contributed by atoms with E-state index in [2.05, 4.69) is 13.2 Å². The maximum Gasteiger partial charge on any atom is 0.313 e. The van der Waals surface area contributed by atoms with Crippen LogP contribution in [0.5, 0.6) is 0 Å². The quantitative estimate of drug-likeness (QED) is 0.407. The Kier molecular flexibility index (Phi) is 6.93. The number of ether oxygens (including phenoxy) is 2. The number of amides is 2. The SMILES string of the molecule is C=CCOC(=O)[C@@H]1[C@H]2C(=O)N([C@H](C)CO)C(C(=O)N(CC=C)C3CCCCC3)C23CC[C@@]1(C)O3. The summed E-state index contributed by atoms with van der Waals surface area (Å²) in [4.78, 5) is 44.6. The van der Waals surface area contributed by atoms with Crippen LogP contribution in [-0.4, -0.2) is 81.8 Å². The lowest BCUT2D eigenvalue weighted by molar-refractivity contribution is -0.161. The molecule has 34 heavy (non-hydrogen) atoms. The minimum atomic E-state index is -1.11. The van der Waals surface area contributed by atoms with Gasteiger partial charge in [-0.2, -0.15) is 0 Å². The fourth-order valence-corrected chi connectivity index (χ4v) is 6.90. The lowest BCUT2D eigenvalue weighted by atomic mass is 9.66. The molecule has 1 N–H and O–H groups in total. The molecule has 188 valence electrons. The predicted molar refractivity (Wildman–Crippen MR) is 126 cm³/mol. The molecule has 3 aliphatic heterocycles. The van der Waals surface area contributed by atoms with Crippen molar-refractivity contribution in [2.45, 2.75) is 88.1 Å². The van der Waals surface area contributed by atoms with E-state index in [1.165, 1.54) is 11.0 Å². The van der Waals surface area contributed by atoms with Gasteiger partial charge in [-0.05, 0) is 39.5 Å². The molecule has 0 radical (unpaired) electrons. The molecule has 2 unspecified atom stereocenters. The van der Waals surface area contributed by atoms with Crippen LogP contribution in [0.15, 0.2) is 25.3 Å². The number of carbonyl (C=O) groups is 3. The smallest absolute Gasteiger partial charge is 0.313 e. The summed E-state index contributed by atoms with van der Waals surface area (Å²) >= 11 is 0. The van der Waals surface area contributed by atoms with E-state index in [0.717, 1.165) is 32.1 Å². The first-order valence-corrected chi connectivity index (χ1v) is 12.6. The fourth-order valence-electron chi connectivity index (χ4n) is 6.90. The van der Waals surface area contributed by atoms with Crippen LogP contribution >= 0.6 is 0 Å². The van der Waals surface area contributed by atoms with Gasteiger partial charge in [0.1, 0.15) is 24.2 Å². The van der Waals surface area contributed by atoms with Crippen LogP contribution < -0.4 is 0 Å². The van der Waals surface area contributed by atoms with E-state index in [-0.39, 0.29) is 31.1 Å². The zero-order valence-electron chi connectivity index (χ0n) is 20.4. The highest BCUT2D eigenvalue weighted by atomic mass is 16.6. The highest BCUT2D eigenvalue weighted by Crippen LogP contribution is 2.63. The largest absolute Gasteiger partial charge is 0.461 e. The molecule has 1 aliphatic carbocycles. The van der Waals surface area contributed by atoms with E-state index < -0.39 is 41.1 Å². The van der Waals surface area contributed by atoms with Gasteiger partial charge in [0.2, 0.25) is 11.8 Å². The number of esters is 1. The number of rotatable bonds is 9. The zero-order valence-corrected chi connectivity index (χ0v) is 20.4. The van der Waals surface area contributed by atoms with Gasteiger partial charge in [0.15, 0.2) is 0 Å². The van der Waals surface area contributed by atoms with Crippen molar-refractivity contribution < 1.29 is 29.0 Å². The van der Waals surface area contributed by atoms with Crippen LogP contribution in [-0.2, 0) is 23.9 Å². The van der Waals surface area contributed by atoms with Gasteiger partial charge >= 0.3 is 5.97 Å². The Morgan fingerprint density at radius 2 is 1.97 bits per heavy atom. The van der Waals surface area contributed by atoms with Crippen molar-refractivity contribution in [3.63, 3.8) is 0 Å². The first kappa shape index (κ1) is 24.9. The number of hydrogen-bond acceptors (Lipinski definition) is 6. The molecule has 3 saturated heterocycles. The molecule has 4 rings (SSSR count). The number of fused-ring (bicyclic) bond motifs is 1. The summed E-state index contributed by atoms with van der Waals surface area (Å²) in [6, 6.07) is -1.40. The second-order valence-corrected chi connectivity index (χ2v) is 10.5. The Labute approximate surface area is 201 Å². The van der Waals surface area contributed by atoms with Gasteiger partial charge in [0.05, 0.1) is 24.2 Å². The normalized spacial score (nSPS) is 35.7. The average Bonchev–Trinajstić information content (AvgIpc) is 3.41. The van der Waals surface area contributed by atoms with E-state index >= 15 is 0 Å². The van der Waals surface area contributed by atoms with Gasteiger partial charge < -0.3 is 24.4 Å². The Morgan fingerprint density at radius 1 is 1.26 bits per heavy atom. The minimum absolute atomic E-state index is 0.0488. The molecule has 4 aliphatic rings. The average molecular weight is 475 g/mol. The van der Waals surface area contributed by atoms with Crippen molar-refractivity contribution in [1.82, 2.24) is 9.80 Å². The summed E-state index contributed by atoms with van der Waals surface area (Å²) in [5, 5.41) is 10.00. The highest BCUT2D eigenvalue weighted by Gasteiger charge is 2.79. The fraction of sp³-hybridized carbons (Fsp3) is 0.731. The first-order valence-electron chi connectivity index (χ1n) is 12.6. The Bertz CT molecular complexity index is 854. The number of aliphatic hydroxyl groups excluding tert-OH is 1. The van der Waals surface area contributed by atoms with Crippen molar-refractivity contribution in [1.29, 1.82) is 0 Å². The molecular weight excluding hydrogens is 436 g/mol. The Balaban J connectivity index is 1.75. The molecule has 4 fully saturated rings. The van der Waals surface area contributed by atoms with E-state index in [9.17, 15) is 19.5 Å². The standard InChI is InChI=1S/C26H38N2O6/c1-5-14-27(18-10-8-7-9-11-18)23(31)21-26-13-12-25(4,34-26)20(24(32)33-15-6-2)19(26)22(30)28(21)17(3)16-29/h5-6,17-21,29H,1-2,7-16H2,3-4H3/t17-,19+,20+,21?,25-,26?/m1/s1. The maximum absolute atomic E-state index is 14.3. The van der Waals surface area contributed by atoms with Crippen LogP contribution in [0.25, 0.3) is 0 Å². The molecule has 1 spiro atoms. The molecule has 2 bridgehead atoms. The van der Waals surface area contributed by atoms with Crippen LogP contribution in [0.1, 0.15) is 58.8 Å². The van der Waals surface area contributed by atoms with Crippen molar-refractivity contribution in [2.24, 2.45) is 11.8 Å². The van der Waals surface area contributed by atoms with Gasteiger partial charge in [0.25, 0.3) is 0 Å². The molecule has 8 nitrogen and oxygen atoms in total. The second-order valence-electron chi connectivity index (χ2n) is 10.5. The van der Waals surface area contributed by atoms with Gasteiger partial charge in [-0.25, -0.2) is 0 Å². The predicted octanol–water partition coefficient (Wildman–Crippen LogP) is 2.21. The summed E-state index contributed by atoms with van der Waals surface area (Å²) in [6.45, 7) is 11.2. The Morgan fingerprint density at radius 3 is 2.59 bits per heavy atom. The first-order chi connectivity index (χ1) is 16.3. The number of aliphatic hydroxyl groups is 1. The third kappa shape index (κ3) is 3.70.